The summed E-state index contributed by atoms with van der Waals surface area (Å²) in [4.78, 5) is 18.4. The maximum absolute atomic E-state index is 13.9. The van der Waals surface area contributed by atoms with Gasteiger partial charge in [-0.3, -0.25) is 4.57 Å². The molecule has 2 aromatic rings. The normalized spacial score (nSPS) is 18.8. The Morgan fingerprint density at radius 3 is 2.92 bits per heavy atom. The van der Waals surface area contributed by atoms with Crippen molar-refractivity contribution in [3.05, 3.63) is 51.4 Å². The number of halogens is 2. The Balaban J connectivity index is 1.59. The minimum absolute atomic E-state index is 0.0979. The molecule has 0 radical (unpaired) electrons. The summed E-state index contributed by atoms with van der Waals surface area (Å²) in [6, 6.07) is 3.97. The van der Waals surface area contributed by atoms with Gasteiger partial charge in [0.25, 0.3) is 0 Å². The summed E-state index contributed by atoms with van der Waals surface area (Å²) in [5.74, 6) is 0.393. The fraction of sp³-hybridized carbons (Fsp3) is 0.444. The summed E-state index contributed by atoms with van der Waals surface area (Å²) in [6.45, 7) is 3.83. The van der Waals surface area contributed by atoms with E-state index in [1.54, 1.807) is 10.6 Å². The zero-order chi connectivity index (χ0) is 17.6. The average molecular weight is 347 g/mol. The van der Waals surface area contributed by atoms with Crippen molar-refractivity contribution in [1.29, 1.82) is 0 Å². The molecule has 0 amide bonds. The van der Waals surface area contributed by atoms with Crippen LogP contribution < -0.4 is 15.3 Å². The Morgan fingerprint density at radius 2 is 2.08 bits per heavy atom. The molecule has 0 unspecified atom stereocenters. The van der Waals surface area contributed by atoms with E-state index in [4.69, 9.17) is 4.74 Å². The van der Waals surface area contributed by atoms with Crippen LogP contribution in [0.2, 0.25) is 0 Å². The first-order chi connectivity index (χ1) is 12.0. The average Bonchev–Trinajstić information content (AvgIpc) is 2.58. The van der Waals surface area contributed by atoms with E-state index < -0.39 is 11.6 Å². The zero-order valence-corrected chi connectivity index (χ0v) is 14.0. The lowest BCUT2D eigenvalue weighted by Crippen LogP contribution is -2.46. The highest BCUT2D eigenvalue weighted by Crippen LogP contribution is 2.30. The highest BCUT2D eigenvalue weighted by atomic mass is 19.1. The molecule has 25 heavy (non-hydrogen) atoms. The van der Waals surface area contributed by atoms with E-state index in [-0.39, 0.29) is 29.3 Å². The number of anilines is 1. The Labute approximate surface area is 143 Å². The highest BCUT2D eigenvalue weighted by molar-refractivity contribution is 5.44. The van der Waals surface area contributed by atoms with Gasteiger partial charge < -0.3 is 9.64 Å². The maximum atomic E-state index is 13.9. The number of aryl methyl sites for hydroxylation is 1. The SMILES string of the molecule is Cc1cc(F)c(COc2cc3n(c(=O)n2)C[C@@H]2CCCN3C2)cc1F. The van der Waals surface area contributed by atoms with Crippen LogP contribution in [0.1, 0.15) is 24.0 Å². The van der Waals surface area contributed by atoms with Crippen LogP contribution in [0.5, 0.6) is 5.88 Å². The van der Waals surface area contributed by atoms with Crippen LogP contribution in [0, 0.1) is 24.5 Å². The number of ether oxygens (including phenoxy) is 1. The molecule has 1 fully saturated rings. The van der Waals surface area contributed by atoms with Crippen molar-refractivity contribution in [2.75, 3.05) is 18.0 Å². The lowest BCUT2D eigenvalue weighted by molar-refractivity contribution is 0.278. The van der Waals surface area contributed by atoms with E-state index in [0.717, 1.165) is 43.9 Å². The van der Waals surface area contributed by atoms with Gasteiger partial charge in [-0.25, -0.2) is 13.6 Å². The Hall–Kier alpha value is -2.44. The van der Waals surface area contributed by atoms with Gasteiger partial charge in [-0.15, -0.1) is 0 Å². The molecule has 2 aliphatic rings. The molecule has 0 saturated carbocycles. The molecule has 132 valence electrons. The third-order valence-corrected chi connectivity index (χ3v) is 4.95. The molecule has 1 saturated heterocycles. The van der Waals surface area contributed by atoms with Crippen LogP contribution in [-0.4, -0.2) is 22.6 Å². The van der Waals surface area contributed by atoms with Gasteiger partial charge in [0.05, 0.1) is 0 Å². The predicted octanol–water partition coefficient (Wildman–Crippen LogP) is 2.64. The Morgan fingerprint density at radius 1 is 1.24 bits per heavy atom. The number of piperidine rings is 1. The van der Waals surface area contributed by atoms with Crippen molar-refractivity contribution >= 4 is 5.82 Å². The summed E-state index contributed by atoms with van der Waals surface area (Å²) in [6.07, 6.45) is 2.23. The molecular formula is C18H19F2N3O2. The van der Waals surface area contributed by atoms with Gasteiger partial charge in [-0.2, -0.15) is 4.98 Å². The number of hydrogen-bond donors (Lipinski definition) is 0. The molecule has 4 rings (SSSR count). The summed E-state index contributed by atoms with van der Waals surface area (Å²) in [5, 5.41) is 0. The lowest BCUT2D eigenvalue weighted by atomic mass is 9.96. The molecule has 0 N–H and O–H groups in total. The van der Waals surface area contributed by atoms with Gasteiger partial charge in [-0.1, -0.05) is 0 Å². The number of fused-ring (bicyclic) bond motifs is 4. The molecule has 0 spiro atoms. The molecule has 2 aliphatic heterocycles. The van der Waals surface area contributed by atoms with E-state index in [9.17, 15) is 13.6 Å². The standard InChI is InChI=1S/C18H19F2N3O2/c1-11-5-15(20)13(6-14(11)19)10-25-16-7-17-22-4-2-3-12(8-22)9-23(17)18(24)21-16/h5-7,12H,2-4,8-10H2,1H3/t12-/m1/s1. The predicted molar refractivity (Wildman–Crippen MR) is 88.9 cm³/mol. The molecular weight excluding hydrogens is 328 g/mol. The van der Waals surface area contributed by atoms with Gasteiger partial charge in [0.15, 0.2) is 0 Å². The van der Waals surface area contributed by atoms with Crippen molar-refractivity contribution < 1.29 is 13.5 Å². The van der Waals surface area contributed by atoms with Crippen molar-refractivity contribution in [1.82, 2.24) is 9.55 Å². The van der Waals surface area contributed by atoms with E-state index in [1.165, 1.54) is 6.92 Å². The van der Waals surface area contributed by atoms with Gasteiger partial charge in [0.2, 0.25) is 5.88 Å². The van der Waals surface area contributed by atoms with Gasteiger partial charge in [0.1, 0.15) is 24.1 Å². The molecule has 5 nitrogen and oxygen atoms in total. The Kier molecular flexibility index (Phi) is 3.94. The number of hydrogen-bond acceptors (Lipinski definition) is 4. The van der Waals surface area contributed by atoms with Crippen molar-refractivity contribution in [3.8, 4) is 5.88 Å². The quantitative estimate of drug-likeness (QED) is 0.856. The molecule has 7 heteroatoms. The summed E-state index contributed by atoms with van der Waals surface area (Å²) >= 11 is 0. The van der Waals surface area contributed by atoms with Crippen LogP contribution in [0.3, 0.4) is 0 Å². The molecule has 1 aromatic carbocycles. The smallest absolute Gasteiger partial charge is 0.352 e. The summed E-state index contributed by atoms with van der Waals surface area (Å²) in [5.41, 5.74) is -0.0218. The highest BCUT2D eigenvalue weighted by Gasteiger charge is 2.29. The first kappa shape index (κ1) is 16.1. The number of benzene rings is 1. The van der Waals surface area contributed by atoms with Crippen LogP contribution in [0.4, 0.5) is 14.6 Å². The zero-order valence-electron chi connectivity index (χ0n) is 14.0. The molecule has 0 aliphatic carbocycles. The molecule has 1 aromatic heterocycles. The van der Waals surface area contributed by atoms with Crippen LogP contribution >= 0.6 is 0 Å². The third kappa shape index (κ3) is 2.99. The Bertz CT molecular complexity index is 881. The fourth-order valence-electron chi connectivity index (χ4n) is 3.61. The van der Waals surface area contributed by atoms with E-state index >= 15 is 0 Å². The van der Waals surface area contributed by atoms with Crippen LogP contribution in [0.25, 0.3) is 0 Å². The van der Waals surface area contributed by atoms with Crippen molar-refractivity contribution in [2.45, 2.75) is 32.9 Å². The molecule has 2 bridgehead atoms. The molecule has 1 atom stereocenters. The van der Waals surface area contributed by atoms with Crippen molar-refractivity contribution in [2.24, 2.45) is 5.92 Å². The van der Waals surface area contributed by atoms with E-state index in [0.29, 0.717) is 12.5 Å². The van der Waals surface area contributed by atoms with Crippen molar-refractivity contribution in [3.63, 3.8) is 0 Å². The maximum Gasteiger partial charge on any atom is 0.352 e. The van der Waals surface area contributed by atoms with E-state index in [1.807, 2.05) is 0 Å². The first-order valence-electron chi connectivity index (χ1n) is 8.45. The largest absolute Gasteiger partial charge is 0.472 e. The minimum atomic E-state index is -0.535. The van der Waals surface area contributed by atoms with Gasteiger partial charge >= 0.3 is 5.69 Å². The first-order valence-corrected chi connectivity index (χ1v) is 8.45. The second-order valence-electron chi connectivity index (χ2n) is 6.78. The summed E-state index contributed by atoms with van der Waals surface area (Å²) < 4.78 is 34.7. The topological polar surface area (TPSA) is 47.4 Å². The van der Waals surface area contributed by atoms with Crippen LogP contribution in [-0.2, 0) is 13.2 Å². The lowest BCUT2D eigenvalue weighted by Gasteiger charge is -2.40. The third-order valence-electron chi connectivity index (χ3n) is 4.95. The number of nitrogens with zero attached hydrogens (tertiary/aromatic N) is 3. The fourth-order valence-corrected chi connectivity index (χ4v) is 3.61. The second-order valence-corrected chi connectivity index (χ2v) is 6.78. The van der Waals surface area contributed by atoms with Gasteiger partial charge in [-0.05, 0) is 43.4 Å². The number of aromatic nitrogens is 2. The van der Waals surface area contributed by atoms with Gasteiger partial charge in [0, 0.05) is 31.3 Å². The second kappa shape index (κ2) is 6.13. The molecule has 3 heterocycles. The van der Waals surface area contributed by atoms with E-state index in [2.05, 4.69) is 9.88 Å². The monoisotopic (exact) mass is 347 g/mol. The minimum Gasteiger partial charge on any atom is -0.472 e. The number of rotatable bonds is 3. The summed E-state index contributed by atoms with van der Waals surface area (Å²) in [7, 11) is 0. The van der Waals surface area contributed by atoms with Crippen LogP contribution in [0.15, 0.2) is 23.0 Å².